The lowest BCUT2D eigenvalue weighted by Gasteiger charge is -2.00. The average Bonchev–Trinajstić information content (AvgIpc) is 3.15. The Morgan fingerprint density at radius 3 is 2.54 bits per heavy atom. The molecule has 0 bridgehead atoms. The van der Waals surface area contributed by atoms with Crippen molar-refractivity contribution >= 4 is 34.6 Å². The van der Waals surface area contributed by atoms with Crippen LogP contribution in [0.25, 0.3) is 23.0 Å². The number of rotatable bonds is 5. The Bertz CT molecular complexity index is 1160. The third-order valence-electron chi connectivity index (χ3n) is 3.83. The van der Waals surface area contributed by atoms with Gasteiger partial charge >= 0.3 is 0 Å². The van der Waals surface area contributed by atoms with Gasteiger partial charge in [-0.25, -0.2) is 0 Å². The molecule has 0 fully saturated rings. The molecule has 138 valence electrons. The highest BCUT2D eigenvalue weighted by atomic mass is 35.5. The first kappa shape index (κ1) is 18.8. The van der Waals surface area contributed by atoms with E-state index in [0.29, 0.717) is 22.6 Å². The molecule has 0 spiro atoms. The highest BCUT2D eigenvalue weighted by molar-refractivity contribution is 6.32. The van der Waals surface area contributed by atoms with E-state index in [9.17, 15) is 25.5 Å². The first-order valence-corrected chi connectivity index (χ1v) is 8.17. The van der Waals surface area contributed by atoms with Crippen molar-refractivity contribution in [2.45, 2.75) is 0 Å². The molecule has 0 radical (unpaired) electrons. The van der Waals surface area contributed by atoms with Crippen molar-refractivity contribution in [1.82, 2.24) is 0 Å². The molecule has 28 heavy (non-hydrogen) atoms. The van der Waals surface area contributed by atoms with Crippen LogP contribution in [0.4, 0.5) is 11.4 Å². The van der Waals surface area contributed by atoms with Crippen LogP contribution in [0.15, 0.2) is 59.0 Å². The van der Waals surface area contributed by atoms with Gasteiger partial charge in [-0.15, -0.1) is 0 Å². The van der Waals surface area contributed by atoms with Crippen LogP contribution in [0.1, 0.15) is 11.3 Å². The smallest absolute Gasteiger partial charge is 0.288 e. The molecular weight excluding hydrogens is 386 g/mol. The van der Waals surface area contributed by atoms with Crippen LogP contribution in [0.2, 0.25) is 5.02 Å². The zero-order valence-corrected chi connectivity index (χ0v) is 14.8. The van der Waals surface area contributed by atoms with Crippen LogP contribution < -0.4 is 0 Å². The van der Waals surface area contributed by atoms with Gasteiger partial charge in [0.15, 0.2) is 0 Å². The summed E-state index contributed by atoms with van der Waals surface area (Å²) in [7, 11) is 0. The number of allylic oxidation sites excluding steroid dienone is 1. The van der Waals surface area contributed by atoms with Crippen LogP contribution in [0.5, 0.6) is 0 Å². The third-order valence-corrected chi connectivity index (χ3v) is 4.15. The molecule has 0 amide bonds. The van der Waals surface area contributed by atoms with Crippen LogP contribution in [0.3, 0.4) is 0 Å². The number of non-ortho nitro benzene ring substituents is 1. The van der Waals surface area contributed by atoms with Crippen molar-refractivity contribution in [2.75, 3.05) is 0 Å². The van der Waals surface area contributed by atoms with Gasteiger partial charge in [0.1, 0.15) is 16.5 Å². The normalized spacial score (nSPS) is 11.1. The Balaban J connectivity index is 1.96. The number of nitriles is 1. The molecule has 9 heteroatoms. The molecule has 0 aliphatic carbocycles. The number of hydrogen-bond acceptors (Lipinski definition) is 6. The first-order chi connectivity index (χ1) is 13.4. The van der Waals surface area contributed by atoms with E-state index in [0.717, 1.165) is 0 Å². The van der Waals surface area contributed by atoms with E-state index in [1.54, 1.807) is 24.3 Å². The SMILES string of the molecule is N#CC(=Cc1ccc(-c2ccc(Cl)c([N+](=O)[O-])c2)o1)c1cccc([N+](=O)[O-])c1. The highest BCUT2D eigenvalue weighted by Crippen LogP contribution is 2.32. The number of nitrogens with zero attached hydrogens (tertiary/aromatic N) is 3. The Labute approximate surface area is 163 Å². The van der Waals surface area contributed by atoms with Gasteiger partial charge in [-0.2, -0.15) is 5.26 Å². The molecule has 0 unspecified atom stereocenters. The van der Waals surface area contributed by atoms with Crippen LogP contribution in [0, 0.1) is 31.6 Å². The summed E-state index contributed by atoms with van der Waals surface area (Å²) in [6.45, 7) is 0. The molecule has 3 aromatic rings. The van der Waals surface area contributed by atoms with E-state index in [2.05, 4.69) is 0 Å². The topological polar surface area (TPSA) is 123 Å². The Morgan fingerprint density at radius 2 is 1.86 bits per heavy atom. The summed E-state index contributed by atoms with van der Waals surface area (Å²) in [5, 5.41) is 31.3. The van der Waals surface area contributed by atoms with Crippen LogP contribution in [-0.4, -0.2) is 9.85 Å². The standard InChI is InChI=1S/C19H10ClN3O5/c20-17-6-4-13(10-18(17)23(26)27)19-7-5-16(28-19)9-14(11-21)12-2-1-3-15(8-12)22(24)25/h1-10H. The van der Waals surface area contributed by atoms with Gasteiger partial charge in [0.05, 0.1) is 21.5 Å². The summed E-state index contributed by atoms with van der Waals surface area (Å²) in [4.78, 5) is 20.8. The van der Waals surface area contributed by atoms with E-state index in [4.69, 9.17) is 16.0 Å². The zero-order chi connectivity index (χ0) is 20.3. The van der Waals surface area contributed by atoms with Crippen molar-refractivity contribution < 1.29 is 14.3 Å². The highest BCUT2D eigenvalue weighted by Gasteiger charge is 2.15. The van der Waals surface area contributed by atoms with Gasteiger partial charge in [0, 0.05) is 23.8 Å². The lowest BCUT2D eigenvalue weighted by Crippen LogP contribution is -1.89. The second kappa shape index (κ2) is 7.73. The fourth-order valence-electron chi connectivity index (χ4n) is 2.50. The van der Waals surface area contributed by atoms with E-state index in [1.807, 2.05) is 6.07 Å². The minimum atomic E-state index is -0.592. The Hall–Kier alpha value is -3.96. The van der Waals surface area contributed by atoms with Gasteiger partial charge in [0.25, 0.3) is 11.4 Å². The lowest BCUT2D eigenvalue weighted by molar-refractivity contribution is -0.385. The summed E-state index contributed by atoms with van der Waals surface area (Å²) in [5.74, 6) is 0.665. The molecule has 8 nitrogen and oxygen atoms in total. The van der Waals surface area contributed by atoms with Crippen molar-refractivity contribution in [3.8, 4) is 17.4 Å². The maximum atomic E-state index is 11.0. The maximum absolute atomic E-state index is 11.0. The third kappa shape index (κ3) is 3.90. The number of benzene rings is 2. The van der Waals surface area contributed by atoms with Gasteiger partial charge in [-0.1, -0.05) is 23.7 Å². The van der Waals surface area contributed by atoms with Crippen molar-refractivity contribution in [3.05, 3.63) is 91.2 Å². The second-order valence-corrected chi connectivity index (χ2v) is 6.01. The molecule has 0 atom stereocenters. The Morgan fingerprint density at radius 1 is 1.07 bits per heavy atom. The molecule has 0 N–H and O–H groups in total. The molecule has 2 aromatic carbocycles. The predicted molar refractivity (Wildman–Crippen MR) is 102 cm³/mol. The van der Waals surface area contributed by atoms with Gasteiger partial charge in [0.2, 0.25) is 0 Å². The fraction of sp³-hybridized carbons (Fsp3) is 0. The van der Waals surface area contributed by atoms with Gasteiger partial charge in [-0.3, -0.25) is 20.2 Å². The van der Waals surface area contributed by atoms with Crippen molar-refractivity contribution in [3.63, 3.8) is 0 Å². The van der Waals surface area contributed by atoms with Gasteiger partial charge < -0.3 is 4.42 Å². The van der Waals surface area contributed by atoms with E-state index >= 15 is 0 Å². The Kier molecular flexibility index (Phi) is 5.20. The second-order valence-electron chi connectivity index (χ2n) is 5.60. The summed E-state index contributed by atoms with van der Waals surface area (Å²) in [6, 6.07) is 15.1. The number of nitro benzene ring substituents is 2. The van der Waals surface area contributed by atoms with Crippen LogP contribution in [-0.2, 0) is 0 Å². The van der Waals surface area contributed by atoms with E-state index in [-0.39, 0.29) is 22.0 Å². The zero-order valence-electron chi connectivity index (χ0n) is 14.0. The van der Waals surface area contributed by atoms with E-state index < -0.39 is 9.85 Å². The molecule has 0 aliphatic rings. The van der Waals surface area contributed by atoms with Crippen molar-refractivity contribution in [2.24, 2.45) is 0 Å². The monoisotopic (exact) mass is 395 g/mol. The fourth-order valence-corrected chi connectivity index (χ4v) is 2.69. The van der Waals surface area contributed by atoms with Gasteiger partial charge in [-0.05, 0) is 35.9 Å². The molecule has 0 saturated carbocycles. The molecule has 0 aliphatic heterocycles. The summed E-state index contributed by atoms with van der Waals surface area (Å²) in [6.07, 6.45) is 1.44. The van der Waals surface area contributed by atoms with Crippen molar-refractivity contribution in [1.29, 1.82) is 5.26 Å². The molecule has 1 aromatic heterocycles. The summed E-state index contributed by atoms with van der Waals surface area (Å²) < 4.78 is 5.65. The lowest BCUT2D eigenvalue weighted by atomic mass is 10.1. The number of nitro groups is 2. The molecule has 0 saturated heterocycles. The number of halogens is 1. The number of hydrogen-bond donors (Lipinski definition) is 0. The quantitative estimate of drug-likeness (QED) is 0.320. The molecular formula is C19H10ClN3O5. The number of furan rings is 1. The molecule has 1 heterocycles. The minimum Gasteiger partial charge on any atom is -0.457 e. The first-order valence-electron chi connectivity index (χ1n) is 7.80. The summed E-state index contributed by atoms with van der Waals surface area (Å²) >= 11 is 5.81. The van der Waals surface area contributed by atoms with Crippen LogP contribution >= 0.6 is 11.6 Å². The maximum Gasteiger partial charge on any atom is 0.288 e. The minimum absolute atomic E-state index is 0.0119. The predicted octanol–water partition coefficient (Wildman–Crippen LogP) is 5.48. The largest absolute Gasteiger partial charge is 0.457 e. The molecule has 3 rings (SSSR count). The summed E-state index contributed by atoms with van der Waals surface area (Å²) in [5.41, 5.74) is 0.613. The van der Waals surface area contributed by atoms with E-state index in [1.165, 1.54) is 36.4 Å². The average molecular weight is 396 g/mol.